The van der Waals surface area contributed by atoms with Gasteiger partial charge in [0.15, 0.2) is 0 Å². The Morgan fingerprint density at radius 2 is 2.00 bits per heavy atom. The molecule has 1 atom stereocenters. The molecule has 1 heterocycles. The second kappa shape index (κ2) is 7.92. The highest BCUT2D eigenvalue weighted by Gasteiger charge is 2.22. The van der Waals surface area contributed by atoms with E-state index in [4.69, 9.17) is 0 Å². The minimum absolute atomic E-state index is 0.113. The van der Waals surface area contributed by atoms with Crippen molar-refractivity contribution < 1.29 is 4.79 Å². The van der Waals surface area contributed by atoms with Crippen molar-refractivity contribution in [1.29, 1.82) is 5.26 Å². The van der Waals surface area contributed by atoms with Gasteiger partial charge in [0.25, 0.3) is 0 Å². The van der Waals surface area contributed by atoms with Gasteiger partial charge in [0.1, 0.15) is 17.1 Å². The van der Waals surface area contributed by atoms with Crippen LogP contribution < -0.4 is 10.6 Å². The number of nitrogens with one attached hydrogen (secondary N) is 2. The molecule has 0 saturated carbocycles. The lowest BCUT2D eigenvalue weighted by atomic mass is 10.1. The predicted molar refractivity (Wildman–Crippen MR) is 108 cm³/mol. The lowest BCUT2D eigenvalue weighted by Gasteiger charge is -2.17. The van der Waals surface area contributed by atoms with Crippen LogP contribution in [-0.2, 0) is 17.6 Å². The molecule has 2 aromatic rings. The Hall–Kier alpha value is -2.32. The molecule has 1 aliphatic carbocycles. The van der Waals surface area contributed by atoms with Crippen molar-refractivity contribution in [3.8, 4) is 6.07 Å². The predicted octanol–water partition coefficient (Wildman–Crippen LogP) is 4.94. The van der Waals surface area contributed by atoms with E-state index >= 15 is 0 Å². The first-order chi connectivity index (χ1) is 12.5. The fourth-order valence-electron chi connectivity index (χ4n) is 3.44. The van der Waals surface area contributed by atoms with Gasteiger partial charge in [-0.2, -0.15) is 5.26 Å². The lowest BCUT2D eigenvalue weighted by Crippen LogP contribution is -2.32. The van der Waals surface area contributed by atoms with E-state index in [1.54, 1.807) is 11.3 Å². The maximum atomic E-state index is 12.7. The Morgan fingerprint density at radius 1 is 1.23 bits per heavy atom. The van der Waals surface area contributed by atoms with Crippen LogP contribution in [0.5, 0.6) is 0 Å². The number of carbonyl (C=O) groups is 1. The fourth-order valence-corrected chi connectivity index (χ4v) is 4.69. The fraction of sp³-hybridized carbons (Fsp3) is 0.429. The molecule has 1 aromatic carbocycles. The van der Waals surface area contributed by atoms with E-state index in [1.807, 2.05) is 26.0 Å². The molecule has 1 amide bonds. The molecule has 136 valence electrons. The third-order valence-corrected chi connectivity index (χ3v) is 6.12. The van der Waals surface area contributed by atoms with Crippen LogP contribution in [0.1, 0.15) is 53.3 Å². The Labute approximate surface area is 159 Å². The average Bonchev–Trinajstić information content (AvgIpc) is 2.76. The second-order valence-electron chi connectivity index (χ2n) is 7.05. The summed E-state index contributed by atoms with van der Waals surface area (Å²) in [5, 5.41) is 16.6. The van der Waals surface area contributed by atoms with Gasteiger partial charge >= 0.3 is 0 Å². The molecule has 0 saturated heterocycles. The number of hydrogen-bond acceptors (Lipinski definition) is 4. The number of hydrogen-bond donors (Lipinski definition) is 2. The first-order valence-electron chi connectivity index (χ1n) is 9.19. The highest BCUT2D eigenvalue weighted by Crippen LogP contribution is 2.37. The Morgan fingerprint density at radius 3 is 2.73 bits per heavy atom. The van der Waals surface area contributed by atoms with Gasteiger partial charge in [-0.05, 0) is 63.6 Å². The highest BCUT2D eigenvalue weighted by atomic mass is 32.1. The summed E-state index contributed by atoms with van der Waals surface area (Å²) in [6.07, 6.45) is 5.46. The van der Waals surface area contributed by atoms with E-state index in [9.17, 15) is 10.1 Å². The van der Waals surface area contributed by atoms with E-state index in [2.05, 4.69) is 29.7 Å². The van der Waals surface area contributed by atoms with Gasteiger partial charge in [-0.1, -0.05) is 24.1 Å². The lowest BCUT2D eigenvalue weighted by molar-refractivity contribution is -0.116. The summed E-state index contributed by atoms with van der Waals surface area (Å²) < 4.78 is 0. The van der Waals surface area contributed by atoms with Crippen LogP contribution in [0, 0.1) is 25.2 Å². The summed E-state index contributed by atoms with van der Waals surface area (Å²) in [6.45, 7) is 5.93. The van der Waals surface area contributed by atoms with Crippen LogP contribution in [0.3, 0.4) is 0 Å². The number of fused-ring (bicyclic) bond motifs is 1. The molecular formula is C21H25N3OS. The van der Waals surface area contributed by atoms with Gasteiger partial charge in [-0.3, -0.25) is 4.79 Å². The zero-order valence-electron chi connectivity index (χ0n) is 15.6. The van der Waals surface area contributed by atoms with Crippen molar-refractivity contribution in [3.05, 3.63) is 45.3 Å². The maximum absolute atomic E-state index is 12.7. The van der Waals surface area contributed by atoms with Crippen LogP contribution >= 0.6 is 11.3 Å². The number of anilines is 2. The smallest absolute Gasteiger partial charge is 0.247 e. The normalized spacial score (nSPS) is 14.7. The van der Waals surface area contributed by atoms with Crippen molar-refractivity contribution in [2.75, 3.05) is 10.6 Å². The second-order valence-corrected chi connectivity index (χ2v) is 8.16. The van der Waals surface area contributed by atoms with Crippen LogP contribution in [0.25, 0.3) is 0 Å². The standard InChI is InChI=1S/C21H25N3OS/c1-13-9-10-18(14(2)11-13)23-15(3)20(25)24-21-17(12-22)16-7-5-4-6-8-19(16)26-21/h9-11,15,23H,4-8H2,1-3H3,(H,24,25). The monoisotopic (exact) mass is 367 g/mol. The van der Waals surface area contributed by atoms with Gasteiger partial charge in [-0.25, -0.2) is 0 Å². The topological polar surface area (TPSA) is 64.9 Å². The van der Waals surface area contributed by atoms with Gasteiger partial charge in [0.05, 0.1) is 5.56 Å². The largest absolute Gasteiger partial charge is 0.374 e. The number of thiophene rings is 1. The number of nitrogens with zero attached hydrogens (tertiary/aromatic N) is 1. The third-order valence-electron chi connectivity index (χ3n) is 4.92. The zero-order valence-corrected chi connectivity index (χ0v) is 16.4. The van der Waals surface area contributed by atoms with Crippen molar-refractivity contribution in [2.45, 2.75) is 58.9 Å². The molecule has 0 aliphatic heterocycles. The molecular weight excluding hydrogens is 342 g/mol. The molecule has 1 unspecified atom stereocenters. The van der Waals surface area contributed by atoms with Crippen LogP contribution in [0.2, 0.25) is 0 Å². The summed E-state index contributed by atoms with van der Waals surface area (Å²) in [5.41, 5.74) is 5.09. The molecule has 3 rings (SSSR count). The first kappa shape index (κ1) is 18.5. The number of benzene rings is 1. The molecule has 1 aliphatic rings. The van der Waals surface area contributed by atoms with Crippen LogP contribution in [0.15, 0.2) is 18.2 Å². The third kappa shape index (κ3) is 3.91. The van der Waals surface area contributed by atoms with E-state index in [1.165, 1.54) is 16.9 Å². The van der Waals surface area contributed by atoms with Crippen LogP contribution in [-0.4, -0.2) is 11.9 Å². The van der Waals surface area contributed by atoms with E-state index in [0.29, 0.717) is 10.6 Å². The molecule has 5 heteroatoms. The summed E-state index contributed by atoms with van der Waals surface area (Å²) in [7, 11) is 0. The quantitative estimate of drug-likeness (QED) is 0.752. The summed E-state index contributed by atoms with van der Waals surface area (Å²) in [5.74, 6) is -0.113. The molecule has 0 spiro atoms. The summed E-state index contributed by atoms with van der Waals surface area (Å²) in [6, 6.07) is 8.06. The van der Waals surface area contributed by atoms with Crippen molar-refractivity contribution in [2.24, 2.45) is 0 Å². The van der Waals surface area contributed by atoms with Crippen molar-refractivity contribution in [1.82, 2.24) is 0 Å². The zero-order chi connectivity index (χ0) is 18.7. The SMILES string of the molecule is Cc1ccc(NC(C)C(=O)Nc2sc3c(c2C#N)CCCCC3)c(C)c1. The summed E-state index contributed by atoms with van der Waals surface area (Å²) >= 11 is 1.57. The number of amides is 1. The number of carbonyl (C=O) groups excluding carboxylic acids is 1. The summed E-state index contributed by atoms with van der Waals surface area (Å²) in [4.78, 5) is 13.9. The number of nitriles is 1. The molecule has 0 bridgehead atoms. The van der Waals surface area contributed by atoms with E-state index < -0.39 is 0 Å². The molecule has 2 N–H and O–H groups in total. The van der Waals surface area contributed by atoms with Gasteiger partial charge in [0.2, 0.25) is 5.91 Å². The van der Waals surface area contributed by atoms with Gasteiger partial charge < -0.3 is 10.6 Å². The minimum atomic E-state index is -0.384. The molecule has 1 aromatic heterocycles. The van der Waals surface area contributed by atoms with Crippen molar-refractivity contribution in [3.63, 3.8) is 0 Å². The molecule has 0 radical (unpaired) electrons. The average molecular weight is 368 g/mol. The number of aryl methyl sites for hydroxylation is 3. The Bertz CT molecular complexity index is 863. The van der Waals surface area contributed by atoms with Gasteiger partial charge in [0, 0.05) is 10.6 Å². The Balaban J connectivity index is 1.74. The van der Waals surface area contributed by atoms with Gasteiger partial charge in [-0.15, -0.1) is 11.3 Å². The highest BCUT2D eigenvalue weighted by molar-refractivity contribution is 7.16. The molecule has 0 fully saturated rings. The minimum Gasteiger partial charge on any atom is -0.374 e. The van der Waals surface area contributed by atoms with Crippen molar-refractivity contribution >= 4 is 27.9 Å². The van der Waals surface area contributed by atoms with Crippen LogP contribution in [0.4, 0.5) is 10.7 Å². The van der Waals surface area contributed by atoms with E-state index in [-0.39, 0.29) is 11.9 Å². The Kier molecular flexibility index (Phi) is 5.63. The number of rotatable bonds is 4. The molecule has 4 nitrogen and oxygen atoms in total. The first-order valence-corrected chi connectivity index (χ1v) is 10.0. The maximum Gasteiger partial charge on any atom is 0.247 e. The van der Waals surface area contributed by atoms with E-state index in [0.717, 1.165) is 42.5 Å². The molecule has 26 heavy (non-hydrogen) atoms.